The van der Waals surface area contributed by atoms with Gasteiger partial charge in [0.2, 0.25) is 0 Å². The van der Waals surface area contributed by atoms with E-state index in [-0.39, 0.29) is 24.0 Å². The summed E-state index contributed by atoms with van der Waals surface area (Å²) in [6.45, 7) is 10.6. The van der Waals surface area contributed by atoms with Gasteiger partial charge >= 0.3 is 0 Å². The van der Waals surface area contributed by atoms with Crippen molar-refractivity contribution in [2.75, 3.05) is 44.2 Å². The minimum Gasteiger partial charge on any atom is -0.370 e. The predicted molar refractivity (Wildman–Crippen MR) is 88.5 cm³/mol. The van der Waals surface area contributed by atoms with Crippen LogP contribution in [0.5, 0.6) is 0 Å². The van der Waals surface area contributed by atoms with Crippen LogP contribution in [0, 0.1) is 0 Å². The molecule has 0 aliphatic carbocycles. The number of guanidine groups is 1. The smallest absolute Gasteiger partial charge is 0.188 e. The lowest BCUT2D eigenvalue weighted by molar-refractivity contribution is 0.307. The zero-order valence-electron chi connectivity index (χ0n) is 10.4. The Balaban J connectivity index is 0.00000256. The highest BCUT2D eigenvalue weighted by Crippen LogP contribution is 2.07. The average molecular weight is 370 g/mol. The first-order chi connectivity index (χ1) is 7.68. The maximum Gasteiger partial charge on any atom is 0.188 e. The van der Waals surface area contributed by atoms with Crippen molar-refractivity contribution in [3.63, 3.8) is 0 Å². The van der Waals surface area contributed by atoms with Crippen LogP contribution in [-0.4, -0.2) is 55.1 Å². The third-order valence-corrected chi connectivity index (χ3v) is 3.30. The molecule has 0 aromatic heterocycles. The Morgan fingerprint density at radius 1 is 1.47 bits per heavy atom. The first-order valence-electron chi connectivity index (χ1n) is 5.67. The number of nitrogens with zero attached hydrogens (tertiary/aromatic N) is 2. The van der Waals surface area contributed by atoms with Crippen LogP contribution in [0.25, 0.3) is 0 Å². The Labute approximate surface area is 126 Å². The van der Waals surface area contributed by atoms with E-state index in [1.165, 1.54) is 24.6 Å². The molecule has 1 aliphatic rings. The zero-order valence-corrected chi connectivity index (χ0v) is 13.6. The van der Waals surface area contributed by atoms with Crippen LogP contribution in [-0.2, 0) is 0 Å². The van der Waals surface area contributed by atoms with Gasteiger partial charge in [-0.15, -0.1) is 24.0 Å². The van der Waals surface area contributed by atoms with Gasteiger partial charge in [-0.1, -0.05) is 12.2 Å². The fraction of sp³-hybridized carbons (Fsp3) is 0.727. The number of aliphatic imine (C=N–C) groups is 1. The Morgan fingerprint density at radius 2 is 2.12 bits per heavy atom. The fourth-order valence-electron chi connectivity index (χ4n) is 1.44. The first kappa shape index (κ1) is 17.1. The summed E-state index contributed by atoms with van der Waals surface area (Å²) >= 11 is 2.03. The third kappa shape index (κ3) is 8.73. The summed E-state index contributed by atoms with van der Waals surface area (Å²) in [5, 5.41) is 3.12. The van der Waals surface area contributed by atoms with Crippen LogP contribution in [0.4, 0.5) is 0 Å². The summed E-state index contributed by atoms with van der Waals surface area (Å²) in [4.78, 5) is 6.62. The van der Waals surface area contributed by atoms with Crippen molar-refractivity contribution in [1.29, 1.82) is 0 Å². The fourth-order valence-corrected chi connectivity index (χ4v) is 2.42. The van der Waals surface area contributed by atoms with E-state index >= 15 is 0 Å². The molecule has 0 aromatic rings. The van der Waals surface area contributed by atoms with Crippen LogP contribution in [0.15, 0.2) is 17.1 Å². The monoisotopic (exact) mass is 370 g/mol. The maximum absolute atomic E-state index is 5.71. The molecule has 0 spiro atoms. The number of nitrogens with one attached hydrogen (secondary N) is 1. The number of nitrogens with two attached hydrogens (primary N) is 1. The SMILES string of the molecule is C=C(C)CN=C(N)NCCN1CCSCC1.I. The highest BCUT2D eigenvalue weighted by molar-refractivity contribution is 14.0. The maximum atomic E-state index is 5.71. The molecule has 0 unspecified atom stereocenters. The van der Waals surface area contributed by atoms with Gasteiger partial charge in [-0.3, -0.25) is 4.90 Å². The molecule has 0 bridgehead atoms. The Morgan fingerprint density at radius 3 is 2.71 bits per heavy atom. The molecule has 1 rings (SSSR count). The van der Waals surface area contributed by atoms with E-state index in [2.05, 4.69) is 21.8 Å². The topological polar surface area (TPSA) is 53.6 Å². The quantitative estimate of drug-likeness (QED) is 0.330. The molecule has 1 saturated heterocycles. The number of halogens is 1. The second-order valence-electron chi connectivity index (χ2n) is 4.04. The summed E-state index contributed by atoms with van der Waals surface area (Å²) in [6.07, 6.45) is 0. The minimum absolute atomic E-state index is 0. The third-order valence-electron chi connectivity index (χ3n) is 2.36. The van der Waals surface area contributed by atoms with Crippen molar-refractivity contribution >= 4 is 41.7 Å². The molecule has 0 radical (unpaired) electrons. The molecule has 17 heavy (non-hydrogen) atoms. The van der Waals surface area contributed by atoms with Gasteiger partial charge in [-0.25, -0.2) is 4.99 Å². The van der Waals surface area contributed by atoms with Gasteiger partial charge in [0.25, 0.3) is 0 Å². The van der Waals surface area contributed by atoms with Crippen LogP contribution in [0.2, 0.25) is 0 Å². The molecule has 1 heterocycles. The number of thioether (sulfide) groups is 1. The van der Waals surface area contributed by atoms with Gasteiger partial charge < -0.3 is 11.1 Å². The summed E-state index contributed by atoms with van der Waals surface area (Å²) in [7, 11) is 0. The van der Waals surface area contributed by atoms with Crippen molar-refractivity contribution in [1.82, 2.24) is 10.2 Å². The summed E-state index contributed by atoms with van der Waals surface area (Å²) in [5.41, 5.74) is 6.74. The molecular weight excluding hydrogens is 347 g/mol. The molecule has 0 amide bonds. The average Bonchev–Trinajstić information content (AvgIpc) is 2.28. The van der Waals surface area contributed by atoms with Gasteiger partial charge in [0.1, 0.15) is 0 Å². The lowest BCUT2D eigenvalue weighted by Gasteiger charge is -2.26. The van der Waals surface area contributed by atoms with Crippen molar-refractivity contribution in [2.45, 2.75) is 6.92 Å². The lowest BCUT2D eigenvalue weighted by atomic mass is 10.4. The standard InChI is InChI=1S/C11H22N4S.HI/c1-10(2)9-14-11(12)13-3-4-15-5-7-16-8-6-15;/h1,3-9H2,2H3,(H3,12,13,14);1H. The largest absolute Gasteiger partial charge is 0.370 e. The number of hydrogen-bond donors (Lipinski definition) is 2. The molecule has 0 saturated carbocycles. The molecule has 0 atom stereocenters. The second kappa shape index (κ2) is 10.0. The van der Waals surface area contributed by atoms with Gasteiger partial charge in [-0.05, 0) is 6.92 Å². The Bertz CT molecular complexity index is 252. The van der Waals surface area contributed by atoms with E-state index in [9.17, 15) is 0 Å². The summed E-state index contributed by atoms with van der Waals surface area (Å²) in [6, 6.07) is 0. The van der Waals surface area contributed by atoms with E-state index in [1.807, 2.05) is 18.7 Å². The molecule has 4 nitrogen and oxygen atoms in total. The summed E-state index contributed by atoms with van der Waals surface area (Å²) in [5.74, 6) is 3.02. The molecule has 1 aliphatic heterocycles. The highest BCUT2D eigenvalue weighted by atomic mass is 127. The second-order valence-corrected chi connectivity index (χ2v) is 5.26. The highest BCUT2D eigenvalue weighted by Gasteiger charge is 2.08. The molecule has 3 N–H and O–H groups in total. The van der Waals surface area contributed by atoms with Crippen LogP contribution in [0.1, 0.15) is 6.92 Å². The first-order valence-corrected chi connectivity index (χ1v) is 6.82. The molecule has 100 valence electrons. The number of hydrogen-bond acceptors (Lipinski definition) is 3. The van der Waals surface area contributed by atoms with Gasteiger partial charge in [-0.2, -0.15) is 11.8 Å². The van der Waals surface area contributed by atoms with E-state index in [0.717, 1.165) is 18.7 Å². The van der Waals surface area contributed by atoms with Gasteiger partial charge in [0, 0.05) is 37.7 Å². The summed E-state index contributed by atoms with van der Waals surface area (Å²) < 4.78 is 0. The van der Waals surface area contributed by atoms with Crippen LogP contribution in [0.3, 0.4) is 0 Å². The zero-order chi connectivity index (χ0) is 11.8. The van der Waals surface area contributed by atoms with Gasteiger partial charge in [0.15, 0.2) is 5.96 Å². The van der Waals surface area contributed by atoms with Crippen LogP contribution < -0.4 is 11.1 Å². The number of rotatable bonds is 5. The van der Waals surface area contributed by atoms with Crippen LogP contribution >= 0.6 is 35.7 Å². The van der Waals surface area contributed by atoms with Crippen molar-refractivity contribution in [2.24, 2.45) is 10.7 Å². The minimum atomic E-state index is 0. The Hall–Kier alpha value is 0.0500. The molecule has 1 fully saturated rings. The Kier molecular flexibility index (Phi) is 10.0. The lowest BCUT2D eigenvalue weighted by Crippen LogP contribution is -2.41. The van der Waals surface area contributed by atoms with E-state index in [0.29, 0.717) is 12.5 Å². The van der Waals surface area contributed by atoms with E-state index < -0.39 is 0 Å². The molecule has 6 heteroatoms. The molecular formula is C11H23IN4S. The molecule has 0 aromatic carbocycles. The van der Waals surface area contributed by atoms with Crippen molar-refractivity contribution < 1.29 is 0 Å². The predicted octanol–water partition coefficient (Wildman–Crippen LogP) is 1.13. The van der Waals surface area contributed by atoms with Crippen molar-refractivity contribution in [3.8, 4) is 0 Å². The van der Waals surface area contributed by atoms with E-state index in [4.69, 9.17) is 5.73 Å². The normalized spacial score (nSPS) is 17.4. The van der Waals surface area contributed by atoms with E-state index in [1.54, 1.807) is 0 Å². The van der Waals surface area contributed by atoms with Crippen molar-refractivity contribution in [3.05, 3.63) is 12.2 Å². The van der Waals surface area contributed by atoms with Gasteiger partial charge in [0.05, 0.1) is 6.54 Å².